The van der Waals surface area contributed by atoms with E-state index in [1.54, 1.807) is 0 Å². The molecule has 2 nitrogen and oxygen atoms in total. The zero-order valence-electron chi connectivity index (χ0n) is 39.8. The van der Waals surface area contributed by atoms with E-state index in [1.807, 2.05) is 0 Å². The lowest BCUT2D eigenvalue weighted by Gasteiger charge is -2.26. The van der Waals surface area contributed by atoms with Gasteiger partial charge in [0.25, 0.3) is 0 Å². The molecule has 0 saturated carbocycles. The average Bonchev–Trinajstić information content (AvgIpc) is 3.90. The molecule has 1 aliphatic rings. The van der Waals surface area contributed by atoms with Gasteiger partial charge < -0.3 is 9.47 Å². The van der Waals surface area contributed by atoms with Gasteiger partial charge >= 0.3 is 0 Å². The molecule has 0 amide bonds. The minimum Gasteiger partial charge on any atom is -0.310 e. The molecule has 11 aromatic carbocycles. The number of hydrogen-bond acceptors (Lipinski definition) is 1. The third kappa shape index (κ3) is 7.27. The van der Waals surface area contributed by atoms with E-state index in [-0.39, 0.29) is 5.41 Å². The molecule has 0 bridgehead atoms. The van der Waals surface area contributed by atoms with Crippen LogP contribution in [0.2, 0.25) is 0 Å². The fourth-order valence-electron chi connectivity index (χ4n) is 11.4. The van der Waals surface area contributed by atoms with Crippen molar-refractivity contribution in [3.63, 3.8) is 0 Å². The Kier molecular flexibility index (Phi) is 10.2. The number of nitrogens with zero attached hydrogens (tertiary/aromatic N) is 2. The van der Waals surface area contributed by atoms with Crippen LogP contribution in [-0.4, -0.2) is 4.57 Å². The first kappa shape index (κ1) is 42.1. The Hall–Kier alpha value is -8.98. The van der Waals surface area contributed by atoms with Crippen LogP contribution in [0.4, 0.5) is 17.1 Å². The molecule has 0 aliphatic heterocycles. The van der Waals surface area contributed by atoms with Crippen molar-refractivity contribution in [1.82, 2.24) is 4.57 Å². The van der Waals surface area contributed by atoms with Crippen LogP contribution in [0, 0.1) is 0 Å². The molecule has 0 radical (unpaired) electrons. The molecule has 2 heteroatoms. The van der Waals surface area contributed by atoms with Gasteiger partial charge in [-0.25, -0.2) is 0 Å². The quantitative estimate of drug-likeness (QED) is 0.140. The van der Waals surface area contributed by atoms with Gasteiger partial charge in [0.15, 0.2) is 0 Å². The molecule has 336 valence electrons. The minimum absolute atomic E-state index is 0.152. The number of hydrogen-bond donors (Lipinski definition) is 0. The van der Waals surface area contributed by atoms with Gasteiger partial charge in [-0.1, -0.05) is 220 Å². The van der Waals surface area contributed by atoms with E-state index in [0.717, 1.165) is 22.6 Å². The standard InChI is InChI=1S/C69H50N2/c1-69(2)63-29-11-9-25-60(63)61-28-16-32-66(68(61)69)71-64-30-12-10-26-62(64)67-59(27-15-31-65(67)71)55-23-13-21-53(45-55)54-22-14-24-58(46-54)70(56-41-37-51(38-42-56)48-19-7-4-8-20-48)57-43-39-52(40-44-57)50-35-33-49(34-36-50)47-17-5-3-6-18-47/h3-46H,1-2H3. The van der Waals surface area contributed by atoms with Crippen molar-refractivity contribution in [3.05, 3.63) is 278 Å². The SMILES string of the molecule is CC1(C)c2ccccc2-c2cccc(-n3c4ccccc4c4c(-c5cccc(-c6cccc(N(c7ccc(-c8ccccc8)cc7)c7ccc(-c8ccc(-c9ccccc9)cc8)cc7)c6)c5)cccc43)c21. The van der Waals surface area contributed by atoms with E-state index in [9.17, 15) is 0 Å². The Morgan fingerprint density at radius 3 is 1.42 bits per heavy atom. The van der Waals surface area contributed by atoms with Crippen molar-refractivity contribution in [2.75, 3.05) is 4.90 Å². The number of benzene rings is 11. The molecule has 0 atom stereocenters. The second-order valence-corrected chi connectivity index (χ2v) is 19.3. The lowest BCUT2D eigenvalue weighted by atomic mass is 9.81. The zero-order chi connectivity index (χ0) is 47.5. The summed E-state index contributed by atoms with van der Waals surface area (Å²) in [5, 5.41) is 2.51. The van der Waals surface area contributed by atoms with E-state index in [1.165, 1.54) is 99.8 Å². The maximum atomic E-state index is 2.52. The van der Waals surface area contributed by atoms with E-state index < -0.39 is 0 Å². The highest BCUT2D eigenvalue weighted by Crippen LogP contribution is 2.52. The molecular formula is C69H50N2. The van der Waals surface area contributed by atoms with Gasteiger partial charge in [-0.3, -0.25) is 0 Å². The second kappa shape index (κ2) is 17.2. The Bertz CT molecular complexity index is 3920. The number of fused-ring (bicyclic) bond motifs is 6. The maximum Gasteiger partial charge on any atom is 0.0547 e. The van der Waals surface area contributed by atoms with Crippen LogP contribution >= 0.6 is 0 Å². The van der Waals surface area contributed by atoms with Crippen LogP contribution in [0.15, 0.2) is 267 Å². The van der Waals surface area contributed by atoms with Crippen LogP contribution in [0.5, 0.6) is 0 Å². The molecule has 1 heterocycles. The first-order valence-corrected chi connectivity index (χ1v) is 24.7. The van der Waals surface area contributed by atoms with Crippen molar-refractivity contribution in [2.24, 2.45) is 0 Å². The van der Waals surface area contributed by atoms with Crippen molar-refractivity contribution in [2.45, 2.75) is 19.3 Å². The lowest BCUT2D eigenvalue weighted by Crippen LogP contribution is -2.17. The monoisotopic (exact) mass is 906 g/mol. The van der Waals surface area contributed by atoms with Crippen molar-refractivity contribution in [1.29, 1.82) is 0 Å². The van der Waals surface area contributed by atoms with Crippen LogP contribution in [0.3, 0.4) is 0 Å². The van der Waals surface area contributed by atoms with E-state index in [0.29, 0.717) is 0 Å². The Morgan fingerprint density at radius 2 is 0.761 bits per heavy atom. The minimum atomic E-state index is -0.152. The highest BCUT2D eigenvalue weighted by atomic mass is 15.1. The van der Waals surface area contributed by atoms with Crippen LogP contribution in [-0.2, 0) is 5.41 Å². The molecular weight excluding hydrogens is 857 g/mol. The lowest BCUT2D eigenvalue weighted by molar-refractivity contribution is 0.656. The summed E-state index contributed by atoms with van der Waals surface area (Å²) in [6.45, 7) is 4.76. The van der Waals surface area contributed by atoms with Crippen molar-refractivity contribution in [3.8, 4) is 72.4 Å². The highest BCUT2D eigenvalue weighted by molar-refractivity contribution is 6.16. The Labute approximate surface area is 416 Å². The fraction of sp³-hybridized carbons (Fsp3) is 0.0435. The third-order valence-electron chi connectivity index (χ3n) is 14.8. The summed E-state index contributed by atoms with van der Waals surface area (Å²) in [5.74, 6) is 0. The maximum absolute atomic E-state index is 2.52. The molecule has 12 aromatic rings. The van der Waals surface area contributed by atoms with Gasteiger partial charge in [0.05, 0.1) is 16.7 Å². The number of aromatic nitrogens is 1. The summed E-state index contributed by atoms with van der Waals surface area (Å²) in [6, 6.07) is 97.6. The molecule has 0 spiro atoms. The number of para-hydroxylation sites is 1. The van der Waals surface area contributed by atoms with Gasteiger partial charge in [0.1, 0.15) is 0 Å². The fourth-order valence-corrected chi connectivity index (χ4v) is 11.4. The first-order valence-electron chi connectivity index (χ1n) is 24.7. The average molecular weight is 907 g/mol. The van der Waals surface area contributed by atoms with Gasteiger partial charge in [-0.05, 0) is 139 Å². The smallest absolute Gasteiger partial charge is 0.0547 e. The first-order chi connectivity index (χ1) is 35.0. The van der Waals surface area contributed by atoms with Crippen molar-refractivity contribution < 1.29 is 0 Å². The molecule has 71 heavy (non-hydrogen) atoms. The topological polar surface area (TPSA) is 8.17 Å². The Balaban J connectivity index is 0.889. The van der Waals surface area contributed by atoms with Crippen LogP contribution in [0.1, 0.15) is 25.0 Å². The summed E-state index contributed by atoms with van der Waals surface area (Å²) in [6.07, 6.45) is 0. The Morgan fingerprint density at radius 1 is 0.310 bits per heavy atom. The van der Waals surface area contributed by atoms with Crippen LogP contribution < -0.4 is 4.90 Å². The van der Waals surface area contributed by atoms with Gasteiger partial charge in [0.2, 0.25) is 0 Å². The van der Waals surface area contributed by atoms with Crippen LogP contribution in [0.25, 0.3) is 94.3 Å². The summed E-state index contributed by atoms with van der Waals surface area (Å²) < 4.78 is 2.52. The molecule has 0 N–H and O–H groups in total. The number of anilines is 3. The molecule has 0 unspecified atom stereocenters. The molecule has 13 rings (SSSR count). The third-order valence-corrected chi connectivity index (χ3v) is 14.8. The van der Waals surface area contributed by atoms with Gasteiger partial charge in [-0.15, -0.1) is 0 Å². The summed E-state index contributed by atoms with van der Waals surface area (Å²) in [7, 11) is 0. The molecule has 0 fully saturated rings. The molecule has 1 aliphatic carbocycles. The predicted octanol–water partition coefficient (Wildman–Crippen LogP) is 18.9. The molecule has 0 saturated heterocycles. The summed E-state index contributed by atoms with van der Waals surface area (Å²) in [4.78, 5) is 2.38. The molecule has 1 aromatic heterocycles. The zero-order valence-corrected chi connectivity index (χ0v) is 39.8. The normalized spacial score (nSPS) is 12.5. The number of rotatable bonds is 9. The van der Waals surface area contributed by atoms with E-state index >= 15 is 0 Å². The summed E-state index contributed by atoms with van der Waals surface area (Å²) >= 11 is 0. The highest BCUT2D eigenvalue weighted by Gasteiger charge is 2.38. The largest absolute Gasteiger partial charge is 0.310 e. The predicted molar refractivity (Wildman–Crippen MR) is 300 cm³/mol. The van der Waals surface area contributed by atoms with Gasteiger partial charge in [-0.2, -0.15) is 0 Å². The van der Waals surface area contributed by atoms with Gasteiger partial charge in [0, 0.05) is 33.2 Å². The van der Waals surface area contributed by atoms with Crippen molar-refractivity contribution >= 4 is 38.9 Å². The second-order valence-electron chi connectivity index (χ2n) is 19.3. The summed E-state index contributed by atoms with van der Waals surface area (Å²) in [5.41, 5.74) is 24.1. The van der Waals surface area contributed by atoms with E-state index in [4.69, 9.17) is 0 Å². The van der Waals surface area contributed by atoms with E-state index in [2.05, 4.69) is 290 Å².